The van der Waals surface area contributed by atoms with Gasteiger partial charge in [-0.2, -0.15) is 0 Å². The second kappa shape index (κ2) is 6.86. The van der Waals surface area contributed by atoms with Gasteiger partial charge in [0.25, 0.3) is 5.91 Å². The van der Waals surface area contributed by atoms with Crippen molar-refractivity contribution in [3.63, 3.8) is 0 Å². The van der Waals surface area contributed by atoms with Crippen LogP contribution in [0.4, 0.5) is 0 Å². The van der Waals surface area contributed by atoms with Gasteiger partial charge < -0.3 is 10.1 Å². The molecular formula is C20H23NO2. The number of carbonyl (C=O) groups excluding carboxylic acids is 1. The molecular weight excluding hydrogens is 286 g/mol. The molecule has 1 aliphatic rings. The van der Waals surface area contributed by atoms with E-state index in [2.05, 4.69) is 31.3 Å². The highest BCUT2D eigenvalue weighted by Gasteiger charge is 2.23. The fraction of sp³-hybridized carbons (Fsp3) is 0.350. The molecule has 0 aromatic heterocycles. The van der Waals surface area contributed by atoms with E-state index in [0.29, 0.717) is 5.92 Å². The molecule has 2 aromatic carbocycles. The molecule has 1 N–H and O–H groups in total. The molecule has 0 heterocycles. The Morgan fingerprint density at radius 2 is 1.91 bits per heavy atom. The topological polar surface area (TPSA) is 38.3 Å². The predicted octanol–water partition coefficient (Wildman–Crippen LogP) is 3.99. The average molecular weight is 309 g/mol. The summed E-state index contributed by atoms with van der Waals surface area (Å²) in [6.45, 7) is 4.37. The van der Waals surface area contributed by atoms with Crippen LogP contribution in [0.2, 0.25) is 0 Å². The lowest BCUT2D eigenvalue weighted by atomic mass is 10.0. The summed E-state index contributed by atoms with van der Waals surface area (Å²) >= 11 is 0. The first-order valence-corrected chi connectivity index (χ1v) is 8.23. The second-order valence-electron chi connectivity index (χ2n) is 6.37. The minimum Gasteiger partial charge on any atom is -0.484 e. The Hall–Kier alpha value is -2.29. The molecule has 0 unspecified atom stereocenters. The molecule has 0 fully saturated rings. The Kier molecular flexibility index (Phi) is 4.65. The van der Waals surface area contributed by atoms with E-state index in [1.165, 1.54) is 16.7 Å². The minimum atomic E-state index is -0.0698. The maximum Gasteiger partial charge on any atom is 0.258 e. The van der Waals surface area contributed by atoms with Gasteiger partial charge in [0.05, 0.1) is 6.04 Å². The van der Waals surface area contributed by atoms with Gasteiger partial charge in [0.1, 0.15) is 5.75 Å². The first-order chi connectivity index (χ1) is 11.1. The molecule has 120 valence electrons. The van der Waals surface area contributed by atoms with Crippen molar-refractivity contribution >= 4 is 5.91 Å². The Balaban J connectivity index is 1.52. The standard InChI is InChI=1S/C20H23NO2/c1-14(2)15-7-10-17(11-8-15)23-13-20(22)21-19-12-9-16-5-3-4-6-18(16)19/h3-8,10-11,14,19H,9,12-13H2,1-2H3,(H,21,22)/t19-/m1/s1. The molecule has 3 heteroatoms. The van der Waals surface area contributed by atoms with Crippen LogP contribution in [-0.2, 0) is 11.2 Å². The number of fused-ring (bicyclic) bond motifs is 1. The first-order valence-electron chi connectivity index (χ1n) is 8.23. The Bertz CT molecular complexity index is 676. The number of aryl methyl sites for hydroxylation is 1. The van der Waals surface area contributed by atoms with Gasteiger partial charge in [-0.15, -0.1) is 0 Å². The number of carbonyl (C=O) groups is 1. The quantitative estimate of drug-likeness (QED) is 0.907. The predicted molar refractivity (Wildman–Crippen MR) is 91.7 cm³/mol. The zero-order valence-electron chi connectivity index (χ0n) is 13.7. The molecule has 0 radical (unpaired) electrons. The maximum atomic E-state index is 12.1. The molecule has 1 atom stereocenters. The molecule has 0 aliphatic heterocycles. The molecule has 0 bridgehead atoms. The third-order valence-electron chi connectivity index (χ3n) is 4.38. The summed E-state index contributed by atoms with van der Waals surface area (Å²) in [6.07, 6.45) is 1.99. The van der Waals surface area contributed by atoms with Crippen LogP contribution >= 0.6 is 0 Å². The van der Waals surface area contributed by atoms with Gasteiger partial charge in [-0.1, -0.05) is 50.2 Å². The summed E-state index contributed by atoms with van der Waals surface area (Å²) in [6, 6.07) is 16.4. The average Bonchev–Trinajstić information content (AvgIpc) is 2.96. The summed E-state index contributed by atoms with van der Waals surface area (Å²) in [5.74, 6) is 1.16. The zero-order valence-corrected chi connectivity index (χ0v) is 13.7. The van der Waals surface area contributed by atoms with Crippen LogP contribution in [-0.4, -0.2) is 12.5 Å². The summed E-state index contributed by atoms with van der Waals surface area (Å²) < 4.78 is 5.59. The van der Waals surface area contributed by atoms with Crippen molar-refractivity contribution in [2.45, 2.75) is 38.6 Å². The van der Waals surface area contributed by atoms with Gasteiger partial charge in [-0.05, 0) is 47.6 Å². The number of hydrogen-bond donors (Lipinski definition) is 1. The van der Waals surface area contributed by atoms with Gasteiger partial charge >= 0.3 is 0 Å². The van der Waals surface area contributed by atoms with E-state index >= 15 is 0 Å². The van der Waals surface area contributed by atoms with Crippen molar-refractivity contribution in [3.05, 3.63) is 65.2 Å². The van der Waals surface area contributed by atoms with Gasteiger partial charge in [0.15, 0.2) is 6.61 Å². The van der Waals surface area contributed by atoms with Crippen LogP contribution in [0.1, 0.15) is 48.9 Å². The number of amides is 1. The number of ether oxygens (including phenoxy) is 1. The van der Waals surface area contributed by atoms with Crippen molar-refractivity contribution < 1.29 is 9.53 Å². The molecule has 3 rings (SSSR count). The Labute approximate surface area is 137 Å². The summed E-state index contributed by atoms with van der Waals surface area (Å²) in [5, 5.41) is 3.07. The van der Waals surface area contributed by atoms with Crippen molar-refractivity contribution in [2.75, 3.05) is 6.61 Å². The summed E-state index contributed by atoms with van der Waals surface area (Å²) in [7, 11) is 0. The van der Waals surface area contributed by atoms with Gasteiger partial charge in [0, 0.05) is 0 Å². The number of hydrogen-bond acceptors (Lipinski definition) is 2. The molecule has 2 aromatic rings. The fourth-order valence-corrected chi connectivity index (χ4v) is 3.04. The Morgan fingerprint density at radius 3 is 2.65 bits per heavy atom. The van der Waals surface area contributed by atoms with Gasteiger partial charge in [-0.3, -0.25) is 4.79 Å². The van der Waals surface area contributed by atoms with Crippen LogP contribution in [0, 0.1) is 0 Å². The van der Waals surface area contributed by atoms with E-state index in [0.717, 1.165) is 18.6 Å². The smallest absolute Gasteiger partial charge is 0.258 e. The van der Waals surface area contributed by atoms with Gasteiger partial charge in [-0.25, -0.2) is 0 Å². The fourth-order valence-electron chi connectivity index (χ4n) is 3.04. The highest BCUT2D eigenvalue weighted by molar-refractivity contribution is 5.78. The van der Waals surface area contributed by atoms with Crippen LogP contribution in [0.15, 0.2) is 48.5 Å². The van der Waals surface area contributed by atoms with Crippen LogP contribution in [0.25, 0.3) is 0 Å². The Morgan fingerprint density at radius 1 is 1.17 bits per heavy atom. The van der Waals surface area contributed by atoms with Crippen molar-refractivity contribution in [3.8, 4) is 5.75 Å². The minimum absolute atomic E-state index is 0.0553. The maximum absolute atomic E-state index is 12.1. The number of rotatable bonds is 5. The van der Waals surface area contributed by atoms with E-state index in [1.807, 2.05) is 36.4 Å². The molecule has 1 amide bonds. The zero-order chi connectivity index (χ0) is 16.2. The first kappa shape index (κ1) is 15.6. The molecule has 23 heavy (non-hydrogen) atoms. The molecule has 0 spiro atoms. The summed E-state index contributed by atoms with van der Waals surface area (Å²) in [4.78, 5) is 12.1. The molecule has 3 nitrogen and oxygen atoms in total. The van der Waals surface area contributed by atoms with Crippen molar-refractivity contribution in [1.29, 1.82) is 0 Å². The third-order valence-corrected chi connectivity index (χ3v) is 4.38. The van der Waals surface area contributed by atoms with Crippen LogP contribution < -0.4 is 10.1 Å². The van der Waals surface area contributed by atoms with E-state index in [9.17, 15) is 4.79 Å². The van der Waals surface area contributed by atoms with E-state index in [4.69, 9.17) is 4.74 Å². The molecule has 1 aliphatic carbocycles. The number of nitrogens with one attached hydrogen (secondary N) is 1. The van der Waals surface area contributed by atoms with Crippen LogP contribution in [0.3, 0.4) is 0 Å². The van der Waals surface area contributed by atoms with Crippen molar-refractivity contribution in [2.24, 2.45) is 0 Å². The van der Waals surface area contributed by atoms with E-state index in [1.54, 1.807) is 0 Å². The lowest BCUT2D eigenvalue weighted by Gasteiger charge is -2.14. The SMILES string of the molecule is CC(C)c1ccc(OCC(=O)N[C@@H]2CCc3ccccc32)cc1. The van der Waals surface area contributed by atoms with Gasteiger partial charge in [0.2, 0.25) is 0 Å². The highest BCUT2D eigenvalue weighted by atomic mass is 16.5. The highest BCUT2D eigenvalue weighted by Crippen LogP contribution is 2.30. The lowest BCUT2D eigenvalue weighted by Crippen LogP contribution is -2.31. The van der Waals surface area contributed by atoms with Crippen molar-refractivity contribution in [1.82, 2.24) is 5.32 Å². The molecule has 0 saturated carbocycles. The van der Waals surface area contributed by atoms with Crippen LogP contribution in [0.5, 0.6) is 5.75 Å². The molecule has 0 saturated heterocycles. The van der Waals surface area contributed by atoms with E-state index in [-0.39, 0.29) is 18.6 Å². The monoisotopic (exact) mass is 309 g/mol. The largest absolute Gasteiger partial charge is 0.484 e. The second-order valence-corrected chi connectivity index (χ2v) is 6.37. The third kappa shape index (κ3) is 3.73. The normalized spacial score (nSPS) is 16.2. The number of benzene rings is 2. The lowest BCUT2D eigenvalue weighted by molar-refractivity contribution is -0.123. The van der Waals surface area contributed by atoms with E-state index < -0.39 is 0 Å². The summed E-state index contributed by atoms with van der Waals surface area (Å²) in [5.41, 5.74) is 3.84.